The van der Waals surface area contributed by atoms with Crippen LogP contribution in [0.25, 0.3) is 34.0 Å². The van der Waals surface area contributed by atoms with E-state index in [-0.39, 0.29) is 5.92 Å². The Morgan fingerprint density at radius 1 is 1.00 bits per heavy atom. The largest absolute Gasteiger partial charge is 0.481 e. The average Bonchev–Trinajstić information content (AvgIpc) is 3.51. The van der Waals surface area contributed by atoms with Crippen LogP contribution in [0, 0.1) is 19.8 Å². The van der Waals surface area contributed by atoms with E-state index in [2.05, 4.69) is 63.9 Å². The highest BCUT2D eigenvalue weighted by Crippen LogP contribution is 2.38. The van der Waals surface area contributed by atoms with Crippen LogP contribution in [0.4, 0.5) is 0 Å². The van der Waals surface area contributed by atoms with E-state index in [1.165, 1.54) is 33.4 Å². The van der Waals surface area contributed by atoms with Gasteiger partial charge in [-0.2, -0.15) is 16.3 Å². The number of aryl methyl sites for hydroxylation is 2. The molecule has 2 aliphatic rings. The lowest BCUT2D eigenvalue weighted by Crippen LogP contribution is -2.44. The van der Waals surface area contributed by atoms with Crippen LogP contribution < -0.4 is 0 Å². The van der Waals surface area contributed by atoms with Crippen LogP contribution >= 0.6 is 11.3 Å². The molecule has 4 aromatic rings. The summed E-state index contributed by atoms with van der Waals surface area (Å²) < 4.78 is 5.63. The van der Waals surface area contributed by atoms with Crippen molar-refractivity contribution < 1.29 is 14.4 Å². The Hall–Kier alpha value is -3.29. The third-order valence-electron chi connectivity index (χ3n) is 7.24. The molecule has 0 radical (unpaired) electrons. The number of benzene rings is 2. The molecule has 6 nitrogen and oxygen atoms in total. The van der Waals surface area contributed by atoms with Gasteiger partial charge < -0.3 is 9.63 Å². The summed E-state index contributed by atoms with van der Waals surface area (Å²) in [5, 5.41) is 17.8. The van der Waals surface area contributed by atoms with E-state index in [0.717, 1.165) is 37.1 Å². The zero-order valence-corrected chi connectivity index (χ0v) is 19.9. The molecule has 1 N–H and O–H groups in total. The number of fused-ring (bicyclic) bond motifs is 1. The smallest absolute Gasteiger partial charge is 0.306 e. The fourth-order valence-electron chi connectivity index (χ4n) is 5.10. The lowest BCUT2D eigenvalue weighted by Gasteiger charge is -2.39. The number of thiophene rings is 1. The summed E-state index contributed by atoms with van der Waals surface area (Å²) >= 11 is 1.72. The van der Waals surface area contributed by atoms with Gasteiger partial charge in [-0.15, -0.1) is 0 Å². The molecule has 34 heavy (non-hydrogen) atoms. The van der Waals surface area contributed by atoms with Gasteiger partial charge in [-0.3, -0.25) is 9.69 Å². The van der Waals surface area contributed by atoms with Gasteiger partial charge in [-0.05, 0) is 89.0 Å². The molecule has 1 saturated carbocycles. The second-order valence-electron chi connectivity index (χ2n) is 9.47. The Morgan fingerprint density at radius 2 is 1.79 bits per heavy atom. The first kappa shape index (κ1) is 21.3. The quantitative estimate of drug-likeness (QED) is 0.389. The van der Waals surface area contributed by atoms with Crippen LogP contribution in [0.3, 0.4) is 0 Å². The summed E-state index contributed by atoms with van der Waals surface area (Å²) in [6.07, 6.45) is 1.49. The first-order chi connectivity index (χ1) is 16.5. The Balaban J connectivity index is 1.20. The van der Waals surface area contributed by atoms with Crippen molar-refractivity contribution in [2.75, 3.05) is 0 Å². The van der Waals surface area contributed by atoms with Crippen LogP contribution in [0.1, 0.15) is 35.1 Å². The van der Waals surface area contributed by atoms with Crippen molar-refractivity contribution in [1.82, 2.24) is 15.0 Å². The fraction of sp³-hybridized carbons (Fsp3) is 0.296. The third kappa shape index (κ3) is 3.65. The Morgan fingerprint density at radius 3 is 2.53 bits per heavy atom. The van der Waals surface area contributed by atoms with E-state index < -0.39 is 5.97 Å². The highest BCUT2D eigenvalue weighted by atomic mass is 32.1. The second kappa shape index (κ2) is 8.18. The Kier molecular flexibility index (Phi) is 5.12. The number of carboxylic acid groups (broad SMARTS) is 1. The van der Waals surface area contributed by atoms with E-state index in [0.29, 0.717) is 17.8 Å². The maximum atomic E-state index is 11.1. The van der Waals surface area contributed by atoms with Crippen molar-refractivity contribution in [1.29, 1.82) is 0 Å². The van der Waals surface area contributed by atoms with Gasteiger partial charge in [0.25, 0.3) is 5.89 Å². The molecule has 3 heterocycles. The number of aromatic nitrogens is 2. The van der Waals surface area contributed by atoms with Gasteiger partial charge in [0.1, 0.15) is 0 Å². The highest BCUT2D eigenvalue weighted by Gasteiger charge is 2.39. The number of hydrogen-bond acceptors (Lipinski definition) is 6. The van der Waals surface area contributed by atoms with Crippen LogP contribution in [-0.4, -0.2) is 32.2 Å². The lowest BCUT2D eigenvalue weighted by atomic mass is 9.79. The van der Waals surface area contributed by atoms with Crippen LogP contribution in [-0.2, 0) is 17.9 Å². The van der Waals surface area contributed by atoms with Gasteiger partial charge >= 0.3 is 5.97 Å². The number of hydrogen-bond donors (Lipinski definition) is 1. The van der Waals surface area contributed by atoms with Gasteiger partial charge in [0.05, 0.1) is 5.92 Å². The van der Waals surface area contributed by atoms with Gasteiger partial charge in [0.15, 0.2) is 0 Å². The third-order valence-corrected chi connectivity index (χ3v) is 8.10. The summed E-state index contributed by atoms with van der Waals surface area (Å²) in [6.45, 7) is 5.96. The number of aliphatic carboxylic acids is 1. The predicted molar refractivity (Wildman–Crippen MR) is 131 cm³/mol. The Labute approximate surface area is 201 Å². The van der Waals surface area contributed by atoms with E-state index in [4.69, 9.17) is 9.63 Å². The molecule has 0 unspecified atom stereocenters. The summed E-state index contributed by atoms with van der Waals surface area (Å²) in [5.74, 6) is 0.243. The van der Waals surface area contributed by atoms with Crippen molar-refractivity contribution in [3.8, 4) is 34.0 Å². The molecule has 2 aromatic heterocycles. The maximum absolute atomic E-state index is 11.1. The molecule has 0 amide bonds. The molecule has 0 spiro atoms. The first-order valence-electron chi connectivity index (χ1n) is 11.5. The molecular formula is C27H25N3O3S. The van der Waals surface area contributed by atoms with E-state index in [1.807, 2.05) is 12.1 Å². The minimum Gasteiger partial charge on any atom is -0.481 e. The van der Waals surface area contributed by atoms with E-state index >= 15 is 0 Å². The van der Waals surface area contributed by atoms with Gasteiger partial charge in [-0.25, -0.2) is 0 Å². The van der Waals surface area contributed by atoms with Crippen molar-refractivity contribution in [3.63, 3.8) is 0 Å². The summed E-state index contributed by atoms with van der Waals surface area (Å²) in [5.41, 5.74) is 9.37. The molecule has 6 rings (SSSR count). The maximum Gasteiger partial charge on any atom is 0.306 e. The van der Waals surface area contributed by atoms with Crippen molar-refractivity contribution in [2.45, 2.75) is 45.8 Å². The van der Waals surface area contributed by atoms with Crippen molar-refractivity contribution in [3.05, 3.63) is 69.4 Å². The molecular weight excluding hydrogens is 446 g/mol. The summed E-state index contributed by atoms with van der Waals surface area (Å²) in [4.78, 5) is 18.2. The fourth-order valence-corrected chi connectivity index (χ4v) is 5.95. The minimum absolute atomic E-state index is 0.186. The van der Waals surface area contributed by atoms with E-state index in [1.54, 1.807) is 11.3 Å². The summed E-state index contributed by atoms with van der Waals surface area (Å²) in [6, 6.07) is 13.0. The van der Waals surface area contributed by atoms with E-state index in [9.17, 15) is 4.79 Å². The number of nitrogens with zero attached hydrogens (tertiary/aromatic N) is 3. The summed E-state index contributed by atoms with van der Waals surface area (Å²) in [7, 11) is 0. The molecule has 1 aliphatic carbocycles. The van der Waals surface area contributed by atoms with Crippen molar-refractivity contribution >= 4 is 17.3 Å². The molecule has 1 fully saturated rings. The normalized spacial score (nSPS) is 19.7. The van der Waals surface area contributed by atoms with Crippen LogP contribution in [0.15, 0.2) is 51.7 Å². The molecule has 172 valence electrons. The van der Waals surface area contributed by atoms with Gasteiger partial charge in [0, 0.05) is 30.3 Å². The van der Waals surface area contributed by atoms with Crippen LogP contribution in [0.5, 0.6) is 0 Å². The number of rotatable bonds is 5. The molecule has 0 bridgehead atoms. The topological polar surface area (TPSA) is 79.5 Å². The molecule has 7 heteroatoms. The first-order valence-corrected chi connectivity index (χ1v) is 12.5. The van der Waals surface area contributed by atoms with Gasteiger partial charge in [0.2, 0.25) is 5.82 Å². The number of carboxylic acids is 1. The predicted octanol–water partition coefficient (Wildman–Crippen LogP) is 5.93. The van der Waals surface area contributed by atoms with Crippen LogP contribution in [0.2, 0.25) is 0 Å². The zero-order chi connectivity index (χ0) is 23.4. The molecule has 1 aliphatic heterocycles. The SMILES string of the molecule is Cc1cc(-c2nc(-c3ccc4c(c3)CN(C3CC(C(=O)O)C3)C4)no2)ccc1-c1cscc1C. The molecule has 0 saturated heterocycles. The minimum atomic E-state index is -0.672. The van der Waals surface area contributed by atoms with Gasteiger partial charge in [-0.1, -0.05) is 23.4 Å². The zero-order valence-electron chi connectivity index (χ0n) is 19.1. The monoisotopic (exact) mass is 471 g/mol. The molecule has 2 aromatic carbocycles. The Bertz CT molecular complexity index is 1400. The second-order valence-corrected chi connectivity index (χ2v) is 10.2. The lowest BCUT2D eigenvalue weighted by molar-refractivity contribution is -0.147. The number of carbonyl (C=O) groups is 1. The van der Waals surface area contributed by atoms with Crippen molar-refractivity contribution in [2.24, 2.45) is 5.92 Å². The average molecular weight is 472 g/mol. The molecule has 0 atom stereocenters. The highest BCUT2D eigenvalue weighted by molar-refractivity contribution is 7.08. The standard InChI is InChI=1S/C27H25N3O3S/c1-15-7-18(5-6-23(15)24-14-34-13-16(24)2)26-28-25(29-33-26)17-3-4-19-11-30(12-21(19)8-17)22-9-20(10-22)27(31)32/h3-8,13-14,20,22H,9-12H2,1-2H3,(H,31,32).